The number of para-hydroxylation sites is 1. The van der Waals surface area contributed by atoms with Crippen LogP contribution in [-0.2, 0) is 19.5 Å². The molecule has 5 heteroatoms. The molecule has 0 fully saturated rings. The first-order valence-corrected chi connectivity index (χ1v) is 7.22. The molecule has 2 aromatic rings. The second-order valence-electron chi connectivity index (χ2n) is 5.27. The zero-order valence-corrected chi connectivity index (χ0v) is 11.8. The minimum absolute atomic E-state index is 0.0336. The Morgan fingerprint density at radius 1 is 1.30 bits per heavy atom. The standard InChI is InChI=1S/C15H20N4O/c1-12-6-2-3-7-13(12)16-9-11-19-15(20)18-10-5-4-8-14(18)17-19/h2-3,6-7,16H,4-5,8-11H2,1H3. The second-order valence-corrected chi connectivity index (χ2v) is 5.27. The number of rotatable bonds is 4. The van der Waals surface area contributed by atoms with Crippen LogP contribution < -0.4 is 11.0 Å². The molecule has 0 saturated heterocycles. The van der Waals surface area contributed by atoms with Crippen LogP contribution in [0.4, 0.5) is 5.69 Å². The summed E-state index contributed by atoms with van der Waals surface area (Å²) < 4.78 is 3.41. The zero-order valence-electron chi connectivity index (χ0n) is 11.8. The first kappa shape index (κ1) is 13.0. The van der Waals surface area contributed by atoms with Gasteiger partial charge in [-0.3, -0.25) is 4.57 Å². The summed E-state index contributed by atoms with van der Waals surface area (Å²) >= 11 is 0. The maximum absolute atomic E-state index is 12.2. The van der Waals surface area contributed by atoms with Gasteiger partial charge in [-0.1, -0.05) is 18.2 Å². The number of fused-ring (bicyclic) bond motifs is 1. The lowest BCUT2D eigenvalue weighted by Crippen LogP contribution is -2.28. The Balaban J connectivity index is 1.66. The number of benzene rings is 1. The van der Waals surface area contributed by atoms with Crippen molar-refractivity contribution >= 4 is 5.69 Å². The molecular weight excluding hydrogens is 252 g/mol. The molecule has 1 aromatic carbocycles. The molecule has 0 atom stereocenters. The van der Waals surface area contributed by atoms with Crippen molar-refractivity contribution in [3.05, 3.63) is 46.1 Å². The maximum atomic E-state index is 12.2. The van der Waals surface area contributed by atoms with Crippen LogP contribution in [0.25, 0.3) is 0 Å². The van der Waals surface area contributed by atoms with Crippen molar-refractivity contribution in [3.8, 4) is 0 Å². The minimum Gasteiger partial charge on any atom is -0.383 e. The van der Waals surface area contributed by atoms with Gasteiger partial charge in [0.25, 0.3) is 0 Å². The van der Waals surface area contributed by atoms with Crippen LogP contribution in [0.5, 0.6) is 0 Å². The Morgan fingerprint density at radius 2 is 2.15 bits per heavy atom. The van der Waals surface area contributed by atoms with E-state index in [1.807, 2.05) is 16.7 Å². The van der Waals surface area contributed by atoms with Crippen LogP contribution in [0.1, 0.15) is 24.2 Å². The van der Waals surface area contributed by atoms with E-state index in [1.54, 1.807) is 4.68 Å². The van der Waals surface area contributed by atoms with E-state index in [4.69, 9.17) is 0 Å². The normalized spacial score (nSPS) is 14.1. The third kappa shape index (κ3) is 2.48. The molecule has 1 N–H and O–H groups in total. The number of nitrogens with one attached hydrogen (secondary N) is 1. The van der Waals surface area contributed by atoms with Crippen molar-refractivity contribution in [2.24, 2.45) is 0 Å². The van der Waals surface area contributed by atoms with Crippen molar-refractivity contribution in [1.29, 1.82) is 0 Å². The summed E-state index contributed by atoms with van der Waals surface area (Å²) in [7, 11) is 0. The summed E-state index contributed by atoms with van der Waals surface area (Å²) in [5.74, 6) is 0.942. The van der Waals surface area contributed by atoms with Gasteiger partial charge in [-0.2, -0.15) is 5.10 Å². The monoisotopic (exact) mass is 272 g/mol. The highest BCUT2D eigenvalue weighted by atomic mass is 16.2. The fourth-order valence-corrected chi connectivity index (χ4v) is 2.66. The molecule has 0 bridgehead atoms. The van der Waals surface area contributed by atoms with Gasteiger partial charge in [0.1, 0.15) is 5.82 Å². The lowest BCUT2D eigenvalue weighted by atomic mass is 10.2. The lowest BCUT2D eigenvalue weighted by molar-refractivity contribution is 0.511. The third-order valence-electron chi connectivity index (χ3n) is 3.82. The van der Waals surface area contributed by atoms with Crippen LogP contribution >= 0.6 is 0 Å². The molecule has 1 aliphatic rings. The van der Waals surface area contributed by atoms with Crippen molar-refractivity contribution in [1.82, 2.24) is 14.3 Å². The number of aryl methyl sites for hydroxylation is 2. The Hall–Kier alpha value is -2.04. The third-order valence-corrected chi connectivity index (χ3v) is 3.82. The Bertz CT molecular complexity index is 656. The quantitative estimate of drug-likeness (QED) is 0.923. The molecule has 1 aromatic heterocycles. The highest BCUT2D eigenvalue weighted by Crippen LogP contribution is 2.12. The van der Waals surface area contributed by atoms with Gasteiger partial charge in [0.2, 0.25) is 0 Å². The molecule has 2 heterocycles. The predicted molar refractivity (Wildman–Crippen MR) is 79.1 cm³/mol. The highest BCUT2D eigenvalue weighted by Gasteiger charge is 2.16. The first-order chi connectivity index (χ1) is 9.75. The average molecular weight is 272 g/mol. The topological polar surface area (TPSA) is 51.9 Å². The van der Waals surface area contributed by atoms with Gasteiger partial charge >= 0.3 is 5.69 Å². The molecule has 1 aliphatic heterocycles. The Kier molecular flexibility index (Phi) is 3.58. The summed E-state index contributed by atoms with van der Waals surface area (Å²) in [6, 6.07) is 8.16. The van der Waals surface area contributed by atoms with Crippen LogP contribution in [0.15, 0.2) is 29.1 Å². The summed E-state index contributed by atoms with van der Waals surface area (Å²) in [6.07, 6.45) is 3.14. The van der Waals surface area contributed by atoms with E-state index < -0.39 is 0 Å². The van der Waals surface area contributed by atoms with Crippen molar-refractivity contribution in [3.63, 3.8) is 0 Å². The van der Waals surface area contributed by atoms with Gasteiger partial charge in [0, 0.05) is 25.2 Å². The predicted octanol–water partition coefficient (Wildman–Crippen LogP) is 1.80. The van der Waals surface area contributed by atoms with Crippen LogP contribution in [0.3, 0.4) is 0 Å². The number of aromatic nitrogens is 3. The fraction of sp³-hybridized carbons (Fsp3) is 0.467. The number of nitrogens with zero attached hydrogens (tertiary/aromatic N) is 3. The molecule has 106 valence electrons. The van der Waals surface area contributed by atoms with Gasteiger partial charge in [0.15, 0.2) is 0 Å². The van der Waals surface area contributed by atoms with E-state index in [-0.39, 0.29) is 5.69 Å². The Labute approximate surface area is 118 Å². The van der Waals surface area contributed by atoms with E-state index >= 15 is 0 Å². The van der Waals surface area contributed by atoms with Gasteiger partial charge in [0.05, 0.1) is 6.54 Å². The second kappa shape index (κ2) is 5.53. The molecule has 0 aliphatic carbocycles. The molecule has 0 amide bonds. The molecule has 3 rings (SSSR count). The van der Waals surface area contributed by atoms with E-state index in [0.29, 0.717) is 13.1 Å². The maximum Gasteiger partial charge on any atom is 0.345 e. The number of hydrogen-bond donors (Lipinski definition) is 1. The van der Waals surface area contributed by atoms with E-state index in [2.05, 4.69) is 29.5 Å². The number of anilines is 1. The van der Waals surface area contributed by atoms with Gasteiger partial charge in [-0.25, -0.2) is 9.48 Å². The van der Waals surface area contributed by atoms with E-state index in [0.717, 1.165) is 37.3 Å². The smallest absolute Gasteiger partial charge is 0.345 e. The van der Waals surface area contributed by atoms with Crippen LogP contribution in [-0.4, -0.2) is 20.9 Å². The first-order valence-electron chi connectivity index (χ1n) is 7.22. The van der Waals surface area contributed by atoms with Crippen molar-refractivity contribution in [2.75, 3.05) is 11.9 Å². The summed E-state index contributed by atoms with van der Waals surface area (Å²) in [4.78, 5) is 12.2. The fourth-order valence-electron chi connectivity index (χ4n) is 2.66. The van der Waals surface area contributed by atoms with Gasteiger partial charge in [-0.15, -0.1) is 0 Å². The van der Waals surface area contributed by atoms with Gasteiger partial charge in [-0.05, 0) is 31.4 Å². The van der Waals surface area contributed by atoms with Crippen LogP contribution in [0.2, 0.25) is 0 Å². The number of hydrogen-bond acceptors (Lipinski definition) is 3. The molecule has 0 radical (unpaired) electrons. The van der Waals surface area contributed by atoms with Crippen molar-refractivity contribution in [2.45, 2.75) is 39.3 Å². The largest absolute Gasteiger partial charge is 0.383 e. The zero-order chi connectivity index (χ0) is 13.9. The molecule has 5 nitrogen and oxygen atoms in total. The summed E-state index contributed by atoms with van der Waals surface area (Å²) in [6.45, 7) is 4.21. The Morgan fingerprint density at radius 3 is 2.95 bits per heavy atom. The lowest BCUT2D eigenvalue weighted by Gasteiger charge is -2.09. The van der Waals surface area contributed by atoms with E-state index in [1.165, 1.54) is 5.56 Å². The highest BCUT2D eigenvalue weighted by molar-refractivity contribution is 5.49. The molecule has 20 heavy (non-hydrogen) atoms. The molecule has 0 spiro atoms. The summed E-state index contributed by atoms with van der Waals surface area (Å²) in [5, 5.41) is 7.79. The van der Waals surface area contributed by atoms with Crippen LogP contribution in [0, 0.1) is 6.92 Å². The molecule has 0 unspecified atom stereocenters. The molecule has 0 saturated carbocycles. The van der Waals surface area contributed by atoms with Gasteiger partial charge < -0.3 is 5.32 Å². The molecular formula is C15H20N4O. The summed E-state index contributed by atoms with van der Waals surface area (Å²) in [5.41, 5.74) is 2.36. The minimum atomic E-state index is 0.0336. The van der Waals surface area contributed by atoms with Crippen molar-refractivity contribution < 1.29 is 0 Å². The van der Waals surface area contributed by atoms with E-state index in [9.17, 15) is 4.79 Å². The SMILES string of the molecule is Cc1ccccc1NCCn1nc2n(c1=O)CCCC2. The average Bonchev–Trinajstić information content (AvgIpc) is 2.78.